The first-order valence-electron chi connectivity index (χ1n) is 9.54. The molecule has 4 heteroatoms. The summed E-state index contributed by atoms with van der Waals surface area (Å²) in [6, 6.07) is 4.88. The van der Waals surface area contributed by atoms with Crippen LogP contribution in [-0.4, -0.2) is 42.3 Å². The van der Waals surface area contributed by atoms with Gasteiger partial charge in [0.15, 0.2) is 0 Å². The molecule has 1 aromatic carbocycles. The number of aryl methyl sites for hydroxylation is 1. The van der Waals surface area contributed by atoms with Crippen LogP contribution in [0.2, 0.25) is 0 Å². The standard InChI is InChI=1S/C21H32N2O2/c1-6-25-16-8-10-23(19(12-16)14(2)3)13-18-17-7-9-22-21(17)15(4)11-20(18)24-5/h7,9,11,14,16,19,22H,6,8,10,12-13H2,1-5H3. The fourth-order valence-corrected chi connectivity index (χ4v) is 4.27. The zero-order valence-corrected chi connectivity index (χ0v) is 16.3. The number of likely N-dealkylation sites (tertiary alicyclic amines) is 1. The normalized spacial score (nSPS) is 22.0. The van der Waals surface area contributed by atoms with Crippen molar-refractivity contribution in [1.29, 1.82) is 0 Å². The molecule has 1 aromatic heterocycles. The smallest absolute Gasteiger partial charge is 0.124 e. The highest BCUT2D eigenvalue weighted by Crippen LogP contribution is 2.34. The van der Waals surface area contributed by atoms with Gasteiger partial charge in [0.1, 0.15) is 5.75 Å². The Hall–Kier alpha value is -1.52. The van der Waals surface area contributed by atoms with Crippen LogP contribution in [0.3, 0.4) is 0 Å². The number of nitrogens with one attached hydrogen (secondary N) is 1. The largest absolute Gasteiger partial charge is 0.496 e. The topological polar surface area (TPSA) is 37.5 Å². The molecule has 1 aliphatic rings. The number of H-pyrrole nitrogens is 1. The van der Waals surface area contributed by atoms with Crippen LogP contribution >= 0.6 is 0 Å². The van der Waals surface area contributed by atoms with E-state index in [1.54, 1.807) is 7.11 Å². The van der Waals surface area contributed by atoms with Gasteiger partial charge in [-0.05, 0) is 50.3 Å². The Labute approximate surface area is 151 Å². The summed E-state index contributed by atoms with van der Waals surface area (Å²) in [6.45, 7) is 11.7. The van der Waals surface area contributed by atoms with Crippen molar-refractivity contribution in [3.8, 4) is 5.75 Å². The van der Waals surface area contributed by atoms with Gasteiger partial charge in [-0.25, -0.2) is 0 Å². The number of hydrogen-bond donors (Lipinski definition) is 1. The van der Waals surface area contributed by atoms with Crippen molar-refractivity contribution in [1.82, 2.24) is 9.88 Å². The maximum absolute atomic E-state index is 5.92. The van der Waals surface area contributed by atoms with E-state index < -0.39 is 0 Å². The summed E-state index contributed by atoms with van der Waals surface area (Å²) in [7, 11) is 1.78. The van der Waals surface area contributed by atoms with Crippen molar-refractivity contribution in [2.24, 2.45) is 5.92 Å². The summed E-state index contributed by atoms with van der Waals surface area (Å²) >= 11 is 0. The lowest BCUT2D eigenvalue weighted by atomic mass is 9.90. The van der Waals surface area contributed by atoms with E-state index in [4.69, 9.17) is 9.47 Å². The van der Waals surface area contributed by atoms with E-state index in [0.717, 1.165) is 38.3 Å². The number of aromatic amines is 1. The number of methoxy groups -OCH3 is 1. The lowest BCUT2D eigenvalue weighted by molar-refractivity contribution is -0.0242. The Morgan fingerprint density at radius 2 is 2.16 bits per heavy atom. The number of piperidine rings is 1. The van der Waals surface area contributed by atoms with Gasteiger partial charge >= 0.3 is 0 Å². The predicted octanol–water partition coefficient (Wildman–Crippen LogP) is 4.51. The van der Waals surface area contributed by atoms with Crippen LogP contribution < -0.4 is 4.74 Å². The first kappa shape index (κ1) is 18.3. The molecule has 2 unspecified atom stereocenters. The van der Waals surface area contributed by atoms with Crippen molar-refractivity contribution < 1.29 is 9.47 Å². The molecular weight excluding hydrogens is 312 g/mol. The van der Waals surface area contributed by atoms with Crippen LogP contribution in [0.4, 0.5) is 0 Å². The van der Waals surface area contributed by atoms with Crippen LogP contribution in [-0.2, 0) is 11.3 Å². The molecule has 1 N–H and O–H groups in total. The Kier molecular flexibility index (Phi) is 5.70. The first-order chi connectivity index (χ1) is 12.0. The molecular formula is C21H32N2O2. The van der Waals surface area contributed by atoms with Crippen molar-refractivity contribution in [3.05, 3.63) is 29.5 Å². The Morgan fingerprint density at radius 1 is 1.36 bits per heavy atom. The highest BCUT2D eigenvalue weighted by molar-refractivity contribution is 5.88. The average molecular weight is 344 g/mol. The summed E-state index contributed by atoms with van der Waals surface area (Å²) in [5, 5.41) is 1.28. The molecule has 4 nitrogen and oxygen atoms in total. The minimum Gasteiger partial charge on any atom is -0.496 e. The minimum absolute atomic E-state index is 0.404. The molecule has 3 rings (SSSR count). The summed E-state index contributed by atoms with van der Waals surface area (Å²) in [5.41, 5.74) is 3.75. The maximum atomic E-state index is 5.92. The molecule has 0 aliphatic carbocycles. The van der Waals surface area contributed by atoms with E-state index >= 15 is 0 Å². The van der Waals surface area contributed by atoms with Gasteiger partial charge in [-0.1, -0.05) is 13.8 Å². The fraction of sp³-hybridized carbons (Fsp3) is 0.619. The van der Waals surface area contributed by atoms with E-state index in [2.05, 4.69) is 49.7 Å². The van der Waals surface area contributed by atoms with Crippen molar-refractivity contribution in [2.45, 2.75) is 59.2 Å². The van der Waals surface area contributed by atoms with E-state index in [-0.39, 0.29) is 0 Å². The third-order valence-corrected chi connectivity index (χ3v) is 5.58. The first-order valence-corrected chi connectivity index (χ1v) is 9.54. The molecule has 138 valence electrons. The molecule has 0 spiro atoms. The molecule has 2 heterocycles. The summed E-state index contributed by atoms with van der Waals surface area (Å²) in [6.07, 6.45) is 4.67. The number of fused-ring (bicyclic) bond motifs is 1. The molecule has 0 saturated carbocycles. The molecule has 0 radical (unpaired) electrons. The lowest BCUT2D eigenvalue weighted by Crippen LogP contribution is -2.47. The molecule has 0 amide bonds. The SMILES string of the molecule is CCOC1CCN(Cc2c(OC)cc(C)c3[nH]ccc23)C(C(C)C)C1. The predicted molar refractivity (Wildman–Crippen MR) is 103 cm³/mol. The summed E-state index contributed by atoms with van der Waals surface area (Å²) in [4.78, 5) is 6.01. The Morgan fingerprint density at radius 3 is 2.84 bits per heavy atom. The van der Waals surface area contributed by atoms with Crippen molar-refractivity contribution in [3.63, 3.8) is 0 Å². The van der Waals surface area contributed by atoms with Crippen LogP contribution in [0.25, 0.3) is 10.9 Å². The van der Waals surface area contributed by atoms with Gasteiger partial charge in [-0.15, -0.1) is 0 Å². The van der Waals surface area contributed by atoms with Gasteiger partial charge < -0.3 is 14.5 Å². The average Bonchev–Trinajstić information content (AvgIpc) is 3.08. The van der Waals surface area contributed by atoms with Gasteiger partial charge in [-0.3, -0.25) is 4.90 Å². The molecule has 1 fully saturated rings. The number of rotatable bonds is 6. The quantitative estimate of drug-likeness (QED) is 0.838. The van der Waals surface area contributed by atoms with E-state index in [1.165, 1.54) is 22.0 Å². The molecule has 2 aromatic rings. The van der Waals surface area contributed by atoms with Gasteiger partial charge in [0.25, 0.3) is 0 Å². The van der Waals surface area contributed by atoms with Gasteiger partial charge in [0.05, 0.1) is 13.2 Å². The molecule has 25 heavy (non-hydrogen) atoms. The highest BCUT2D eigenvalue weighted by atomic mass is 16.5. The molecule has 2 atom stereocenters. The highest BCUT2D eigenvalue weighted by Gasteiger charge is 2.31. The Balaban J connectivity index is 1.89. The van der Waals surface area contributed by atoms with E-state index in [0.29, 0.717) is 18.1 Å². The second-order valence-electron chi connectivity index (χ2n) is 7.52. The third kappa shape index (κ3) is 3.70. The van der Waals surface area contributed by atoms with Gasteiger partial charge in [0, 0.05) is 48.4 Å². The monoisotopic (exact) mass is 344 g/mol. The van der Waals surface area contributed by atoms with Gasteiger partial charge in [-0.2, -0.15) is 0 Å². The number of ether oxygens (including phenoxy) is 2. The molecule has 0 bridgehead atoms. The van der Waals surface area contributed by atoms with Crippen LogP contribution in [0, 0.1) is 12.8 Å². The number of benzene rings is 1. The fourth-order valence-electron chi connectivity index (χ4n) is 4.27. The zero-order chi connectivity index (χ0) is 18.0. The van der Waals surface area contributed by atoms with Crippen LogP contribution in [0.15, 0.2) is 18.3 Å². The number of aromatic nitrogens is 1. The van der Waals surface area contributed by atoms with Crippen molar-refractivity contribution in [2.75, 3.05) is 20.3 Å². The van der Waals surface area contributed by atoms with Crippen LogP contribution in [0.5, 0.6) is 5.75 Å². The van der Waals surface area contributed by atoms with Crippen molar-refractivity contribution >= 4 is 10.9 Å². The Bertz CT molecular complexity index is 707. The summed E-state index contributed by atoms with van der Waals surface area (Å²) < 4.78 is 11.7. The van der Waals surface area contributed by atoms with E-state index in [1.807, 2.05) is 6.20 Å². The second-order valence-corrected chi connectivity index (χ2v) is 7.52. The lowest BCUT2D eigenvalue weighted by Gasteiger charge is -2.41. The molecule has 1 saturated heterocycles. The second kappa shape index (κ2) is 7.79. The summed E-state index contributed by atoms with van der Waals surface area (Å²) in [5.74, 6) is 1.61. The number of nitrogens with zero attached hydrogens (tertiary/aromatic N) is 1. The zero-order valence-electron chi connectivity index (χ0n) is 16.3. The van der Waals surface area contributed by atoms with Crippen LogP contribution in [0.1, 0.15) is 44.7 Å². The minimum atomic E-state index is 0.404. The van der Waals surface area contributed by atoms with E-state index in [9.17, 15) is 0 Å². The number of hydrogen-bond acceptors (Lipinski definition) is 3. The maximum Gasteiger partial charge on any atom is 0.124 e. The third-order valence-electron chi connectivity index (χ3n) is 5.58. The van der Waals surface area contributed by atoms with Gasteiger partial charge in [0.2, 0.25) is 0 Å². The molecule has 1 aliphatic heterocycles.